The van der Waals surface area contributed by atoms with Gasteiger partial charge in [0.2, 0.25) is 0 Å². The highest BCUT2D eigenvalue weighted by molar-refractivity contribution is 6.01. The van der Waals surface area contributed by atoms with E-state index < -0.39 is 0 Å². The predicted molar refractivity (Wildman–Crippen MR) is 80.5 cm³/mol. The largest absolute Gasteiger partial charge is 0.390 e. The summed E-state index contributed by atoms with van der Waals surface area (Å²) in [7, 11) is 0. The number of hydrogen-bond donors (Lipinski definition) is 1. The molecule has 0 radical (unpaired) electrons. The second-order valence-electron chi connectivity index (χ2n) is 5.20. The molecule has 1 atom stereocenters. The predicted octanol–water partition coefficient (Wildman–Crippen LogP) is 3.25. The third-order valence-corrected chi connectivity index (χ3v) is 3.54. The SMILES string of the molecule is Fc1cccc(C2=NOC(CNCc3ccccc3F)C2)c1. The highest BCUT2D eigenvalue weighted by Crippen LogP contribution is 2.17. The zero-order valence-electron chi connectivity index (χ0n) is 11.9. The Morgan fingerprint density at radius 1 is 1.14 bits per heavy atom. The van der Waals surface area contributed by atoms with Gasteiger partial charge < -0.3 is 10.2 Å². The van der Waals surface area contributed by atoms with Crippen LogP contribution in [0.25, 0.3) is 0 Å². The zero-order valence-corrected chi connectivity index (χ0v) is 11.9. The van der Waals surface area contributed by atoms with Crippen LogP contribution in [0.5, 0.6) is 0 Å². The summed E-state index contributed by atoms with van der Waals surface area (Å²) in [4.78, 5) is 5.34. The van der Waals surface area contributed by atoms with Gasteiger partial charge in [0.15, 0.2) is 0 Å². The van der Waals surface area contributed by atoms with Crippen LogP contribution in [0.3, 0.4) is 0 Å². The van der Waals surface area contributed by atoms with E-state index in [0.29, 0.717) is 25.1 Å². The number of nitrogens with one attached hydrogen (secondary N) is 1. The molecule has 22 heavy (non-hydrogen) atoms. The molecule has 1 heterocycles. The van der Waals surface area contributed by atoms with Crippen molar-refractivity contribution in [3.8, 4) is 0 Å². The second kappa shape index (κ2) is 6.66. The van der Waals surface area contributed by atoms with E-state index in [-0.39, 0.29) is 17.7 Å². The first-order chi connectivity index (χ1) is 10.7. The smallest absolute Gasteiger partial charge is 0.145 e. The van der Waals surface area contributed by atoms with E-state index in [9.17, 15) is 8.78 Å². The lowest BCUT2D eigenvalue weighted by Crippen LogP contribution is -2.27. The Morgan fingerprint density at radius 3 is 2.82 bits per heavy atom. The van der Waals surface area contributed by atoms with E-state index in [2.05, 4.69) is 10.5 Å². The fourth-order valence-corrected chi connectivity index (χ4v) is 2.39. The molecule has 1 N–H and O–H groups in total. The molecule has 0 bridgehead atoms. The van der Waals surface area contributed by atoms with E-state index in [1.807, 2.05) is 0 Å². The molecule has 0 spiro atoms. The Hall–Kier alpha value is -2.27. The van der Waals surface area contributed by atoms with Gasteiger partial charge in [-0.15, -0.1) is 0 Å². The summed E-state index contributed by atoms with van der Waals surface area (Å²) in [6, 6.07) is 12.9. The average Bonchev–Trinajstić information content (AvgIpc) is 2.98. The number of halogens is 2. The fourth-order valence-electron chi connectivity index (χ4n) is 2.39. The van der Waals surface area contributed by atoms with Crippen molar-refractivity contribution in [2.24, 2.45) is 5.16 Å². The fraction of sp³-hybridized carbons (Fsp3) is 0.235. The first-order valence-corrected chi connectivity index (χ1v) is 7.15. The Labute approximate surface area is 127 Å². The van der Waals surface area contributed by atoms with Crippen LogP contribution in [-0.4, -0.2) is 18.4 Å². The molecule has 0 fully saturated rings. The molecule has 1 aliphatic rings. The highest BCUT2D eigenvalue weighted by atomic mass is 19.1. The van der Waals surface area contributed by atoms with Crippen molar-refractivity contribution in [3.05, 3.63) is 71.3 Å². The van der Waals surface area contributed by atoms with Crippen molar-refractivity contribution in [2.75, 3.05) is 6.54 Å². The van der Waals surface area contributed by atoms with Crippen molar-refractivity contribution in [2.45, 2.75) is 19.1 Å². The molecule has 2 aromatic carbocycles. The Bertz CT molecular complexity index is 688. The van der Waals surface area contributed by atoms with Gasteiger partial charge in [-0.25, -0.2) is 8.78 Å². The standard InChI is InChI=1S/C17H16F2N2O/c18-14-6-3-5-12(8-14)17-9-15(22-21-17)11-20-10-13-4-1-2-7-16(13)19/h1-8,15,20H,9-11H2. The van der Waals surface area contributed by atoms with E-state index in [0.717, 1.165) is 11.3 Å². The number of benzene rings is 2. The lowest BCUT2D eigenvalue weighted by molar-refractivity contribution is 0.0848. The third-order valence-electron chi connectivity index (χ3n) is 3.54. The molecular weight excluding hydrogens is 286 g/mol. The van der Waals surface area contributed by atoms with Gasteiger partial charge in [-0.1, -0.05) is 35.5 Å². The third kappa shape index (κ3) is 3.49. The molecular formula is C17H16F2N2O. The van der Waals surface area contributed by atoms with Gasteiger partial charge >= 0.3 is 0 Å². The van der Waals surface area contributed by atoms with Crippen LogP contribution >= 0.6 is 0 Å². The van der Waals surface area contributed by atoms with E-state index in [1.165, 1.54) is 18.2 Å². The van der Waals surface area contributed by atoms with Crippen LogP contribution in [0, 0.1) is 11.6 Å². The number of rotatable bonds is 5. The van der Waals surface area contributed by atoms with Crippen LogP contribution in [0.4, 0.5) is 8.78 Å². The van der Waals surface area contributed by atoms with E-state index in [4.69, 9.17) is 4.84 Å². The topological polar surface area (TPSA) is 33.6 Å². The molecule has 5 heteroatoms. The number of nitrogens with zero attached hydrogens (tertiary/aromatic N) is 1. The first kappa shape index (κ1) is 14.7. The molecule has 0 amide bonds. The molecule has 0 saturated carbocycles. The molecule has 1 unspecified atom stereocenters. The summed E-state index contributed by atoms with van der Waals surface area (Å²) >= 11 is 0. The summed E-state index contributed by atoms with van der Waals surface area (Å²) in [6.07, 6.45) is 0.485. The molecule has 2 aromatic rings. The van der Waals surface area contributed by atoms with Gasteiger partial charge in [0.05, 0.1) is 5.71 Å². The Balaban J connectivity index is 1.50. The molecule has 3 nitrogen and oxygen atoms in total. The zero-order chi connectivity index (χ0) is 15.4. The quantitative estimate of drug-likeness (QED) is 0.920. The van der Waals surface area contributed by atoms with Crippen LogP contribution in [0.15, 0.2) is 53.7 Å². The van der Waals surface area contributed by atoms with Crippen molar-refractivity contribution in [1.29, 1.82) is 0 Å². The maximum atomic E-state index is 13.5. The van der Waals surface area contributed by atoms with Crippen molar-refractivity contribution in [1.82, 2.24) is 5.32 Å². The van der Waals surface area contributed by atoms with Gasteiger partial charge in [0, 0.05) is 30.6 Å². The number of oxime groups is 1. The lowest BCUT2D eigenvalue weighted by Gasteiger charge is -2.10. The lowest BCUT2D eigenvalue weighted by atomic mass is 10.0. The minimum atomic E-state index is -0.290. The monoisotopic (exact) mass is 302 g/mol. The molecule has 0 aliphatic carbocycles. The minimum absolute atomic E-state index is 0.120. The normalized spacial score (nSPS) is 17.2. The van der Waals surface area contributed by atoms with Crippen LogP contribution in [0.1, 0.15) is 17.5 Å². The Morgan fingerprint density at radius 2 is 2.00 bits per heavy atom. The molecule has 1 aliphatic heterocycles. The minimum Gasteiger partial charge on any atom is -0.390 e. The van der Waals surface area contributed by atoms with E-state index >= 15 is 0 Å². The van der Waals surface area contributed by atoms with Gasteiger partial charge in [0.1, 0.15) is 17.7 Å². The molecule has 0 saturated heterocycles. The van der Waals surface area contributed by atoms with Gasteiger partial charge in [-0.2, -0.15) is 0 Å². The summed E-state index contributed by atoms with van der Waals surface area (Å²) in [5.41, 5.74) is 2.08. The summed E-state index contributed by atoms with van der Waals surface area (Å²) in [6.45, 7) is 0.985. The average molecular weight is 302 g/mol. The van der Waals surface area contributed by atoms with Gasteiger partial charge in [-0.05, 0) is 18.2 Å². The van der Waals surface area contributed by atoms with Gasteiger partial charge in [-0.3, -0.25) is 0 Å². The molecule has 114 valence electrons. The highest BCUT2D eigenvalue weighted by Gasteiger charge is 2.22. The molecule has 3 rings (SSSR count). The van der Waals surface area contributed by atoms with Crippen LogP contribution < -0.4 is 5.32 Å². The van der Waals surface area contributed by atoms with Gasteiger partial charge in [0.25, 0.3) is 0 Å². The van der Waals surface area contributed by atoms with E-state index in [1.54, 1.807) is 30.3 Å². The first-order valence-electron chi connectivity index (χ1n) is 7.15. The summed E-state index contributed by atoms with van der Waals surface area (Å²) < 4.78 is 26.7. The molecule has 0 aromatic heterocycles. The Kier molecular flexibility index (Phi) is 4.44. The van der Waals surface area contributed by atoms with Crippen molar-refractivity contribution < 1.29 is 13.6 Å². The summed E-state index contributed by atoms with van der Waals surface area (Å²) in [5.74, 6) is -0.514. The van der Waals surface area contributed by atoms with Crippen LogP contribution in [0.2, 0.25) is 0 Å². The summed E-state index contributed by atoms with van der Waals surface area (Å²) in [5, 5.41) is 7.16. The second-order valence-corrected chi connectivity index (χ2v) is 5.20. The van der Waals surface area contributed by atoms with Crippen molar-refractivity contribution >= 4 is 5.71 Å². The maximum absolute atomic E-state index is 13.5. The van der Waals surface area contributed by atoms with Crippen LogP contribution in [-0.2, 0) is 11.4 Å². The maximum Gasteiger partial charge on any atom is 0.145 e. The van der Waals surface area contributed by atoms with Crippen molar-refractivity contribution in [3.63, 3.8) is 0 Å². The number of hydrogen-bond acceptors (Lipinski definition) is 3.